The van der Waals surface area contributed by atoms with Crippen LogP contribution >= 0.6 is 0 Å². The first kappa shape index (κ1) is 13.2. The third kappa shape index (κ3) is 3.30. The molecule has 2 N–H and O–H groups in total. The van der Waals surface area contributed by atoms with Gasteiger partial charge >= 0.3 is 12.6 Å². The summed E-state index contributed by atoms with van der Waals surface area (Å²) in [5.74, 6) is -0.689. The van der Waals surface area contributed by atoms with E-state index in [4.69, 9.17) is 10.5 Å². The van der Waals surface area contributed by atoms with Gasteiger partial charge in [0.2, 0.25) is 0 Å². The van der Waals surface area contributed by atoms with Gasteiger partial charge in [-0.25, -0.2) is 4.79 Å². The van der Waals surface area contributed by atoms with Crippen molar-refractivity contribution in [3.8, 4) is 5.75 Å². The van der Waals surface area contributed by atoms with Crippen LogP contribution < -0.4 is 10.5 Å². The highest BCUT2D eigenvalue weighted by molar-refractivity contribution is 5.92. The molecule has 17 heavy (non-hydrogen) atoms. The molecule has 0 aromatic heterocycles. The van der Waals surface area contributed by atoms with E-state index in [0.717, 1.165) is 0 Å². The first-order valence-electron chi connectivity index (χ1n) is 4.97. The summed E-state index contributed by atoms with van der Waals surface area (Å²) in [6.45, 7) is 0.535. The van der Waals surface area contributed by atoms with Crippen molar-refractivity contribution in [3.63, 3.8) is 0 Å². The fraction of sp³-hybridized carbons (Fsp3) is 0.364. The average molecular weight is 245 g/mol. The Kier molecular flexibility index (Phi) is 4.25. The summed E-state index contributed by atoms with van der Waals surface area (Å²) in [5, 5.41) is 0. The van der Waals surface area contributed by atoms with E-state index >= 15 is 0 Å². The maximum atomic E-state index is 12.0. The number of hydrogen-bond donors (Lipinski definition) is 1. The van der Waals surface area contributed by atoms with Crippen molar-refractivity contribution >= 4 is 11.7 Å². The fourth-order valence-electron chi connectivity index (χ4n) is 1.32. The Morgan fingerprint density at radius 3 is 2.65 bits per heavy atom. The highest BCUT2D eigenvalue weighted by atomic mass is 19.3. The van der Waals surface area contributed by atoms with Crippen LogP contribution in [-0.2, 0) is 4.74 Å². The van der Waals surface area contributed by atoms with Crippen LogP contribution in [0.1, 0.15) is 22.8 Å². The van der Waals surface area contributed by atoms with Gasteiger partial charge in [-0.3, -0.25) is 0 Å². The summed E-state index contributed by atoms with van der Waals surface area (Å²) < 4.78 is 33.1. The van der Waals surface area contributed by atoms with Crippen LogP contribution in [0, 0.1) is 6.92 Å². The molecule has 6 heteroatoms. The zero-order valence-corrected chi connectivity index (χ0v) is 9.50. The average Bonchev–Trinajstić information content (AvgIpc) is 2.22. The number of halogens is 2. The molecule has 0 saturated carbocycles. The van der Waals surface area contributed by atoms with Crippen LogP contribution in [0.3, 0.4) is 0 Å². The number of benzene rings is 1. The van der Waals surface area contributed by atoms with Gasteiger partial charge in [0, 0.05) is 0 Å². The highest BCUT2D eigenvalue weighted by Gasteiger charge is 2.15. The Hall–Kier alpha value is -1.85. The Bertz CT molecular complexity index is 421. The van der Waals surface area contributed by atoms with Crippen molar-refractivity contribution in [2.24, 2.45) is 0 Å². The number of ether oxygens (including phenoxy) is 2. The molecule has 0 unspecified atom stereocenters. The van der Waals surface area contributed by atoms with Crippen LogP contribution in [0.4, 0.5) is 14.5 Å². The predicted octanol–water partition coefficient (Wildman–Crippen LogP) is 2.36. The van der Waals surface area contributed by atoms with E-state index in [1.165, 1.54) is 12.1 Å². The Morgan fingerprint density at radius 2 is 2.12 bits per heavy atom. The van der Waals surface area contributed by atoms with Crippen molar-refractivity contribution in [1.82, 2.24) is 0 Å². The Balaban J connectivity index is 3.04. The van der Waals surface area contributed by atoms with Crippen molar-refractivity contribution < 1.29 is 23.0 Å². The molecule has 94 valence electrons. The maximum Gasteiger partial charge on any atom is 0.387 e. The van der Waals surface area contributed by atoms with Crippen LogP contribution in [-0.4, -0.2) is 19.2 Å². The second-order valence-electron chi connectivity index (χ2n) is 3.30. The third-order valence-electron chi connectivity index (χ3n) is 2.07. The van der Waals surface area contributed by atoms with E-state index in [1.54, 1.807) is 13.8 Å². The molecule has 1 rings (SSSR count). The van der Waals surface area contributed by atoms with E-state index in [9.17, 15) is 13.6 Å². The number of nitrogen functional groups attached to an aromatic ring is 1. The molecule has 0 bridgehead atoms. The quantitative estimate of drug-likeness (QED) is 0.653. The van der Waals surface area contributed by atoms with Gasteiger partial charge in [-0.1, -0.05) is 0 Å². The van der Waals surface area contributed by atoms with Gasteiger partial charge in [0.05, 0.1) is 17.9 Å². The molecule has 0 spiro atoms. The van der Waals surface area contributed by atoms with Crippen molar-refractivity contribution in [2.45, 2.75) is 20.5 Å². The number of carbonyl (C=O) groups excluding carboxylic acids is 1. The number of nitrogens with two attached hydrogens (primary N) is 1. The zero-order chi connectivity index (χ0) is 13.0. The molecule has 0 atom stereocenters. The second-order valence-corrected chi connectivity index (χ2v) is 3.30. The predicted molar refractivity (Wildman–Crippen MR) is 58.2 cm³/mol. The minimum absolute atomic E-state index is 0.0287. The lowest BCUT2D eigenvalue weighted by atomic mass is 10.1. The van der Waals surface area contributed by atoms with E-state index in [2.05, 4.69) is 4.74 Å². The lowest BCUT2D eigenvalue weighted by Gasteiger charge is -2.11. The lowest BCUT2D eigenvalue weighted by molar-refractivity contribution is -0.0493. The Morgan fingerprint density at radius 1 is 1.47 bits per heavy atom. The minimum Gasteiger partial charge on any atom is -0.462 e. The monoisotopic (exact) mass is 245 g/mol. The van der Waals surface area contributed by atoms with Crippen LogP contribution in [0.2, 0.25) is 0 Å². The first-order valence-corrected chi connectivity index (χ1v) is 4.97. The molecule has 0 amide bonds. The standard InChI is InChI=1S/C11H13F2NO3/c1-3-16-10(15)7-5-8(14)9(4-6(7)2)17-11(12)13/h4-5,11H,3,14H2,1-2H3. The lowest BCUT2D eigenvalue weighted by Crippen LogP contribution is -2.10. The largest absolute Gasteiger partial charge is 0.462 e. The number of hydrogen-bond acceptors (Lipinski definition) is 4. The normalized spacial score (nSPS) is 10.4. The van der Waals surface area contributed by atoms with Crippen molar-refractivity contribution in [1.29, 1.82) is 0 Å². The number of carbonyl (C=O) groups is 1. The van der Waals surface area contributed by atoms with Crippen LogP contribution in [0.5, 0.6) is 5.75 Å². The zero-order valence-electron chi connectivity index (χ0n) is 9.50. The molecule has 4 nitrogen and oxygen atoms in total. The number of aryl methyl sites for hydroxylation is 1. The van der Waals surface area contributed by atoms with Crippen molar-refractivity contribution in [2.75, 3.05) is 12.3 Å². The first-order chi connectivity index (χ1) is 7.95. The number of rotatable bonds is 4. The summed E-state index contributed by atoms with van der Waals surface area (Å²) in [4.78, 5) is 11.5. The summed E-state index contributed by atoms with van der Waals surface area (Å²) >= 11 is 0. The number of alkyl halides is 2. The third-order valence-corrected chi connectivity index (χ3v) is 2.07. The van der Waals surface area contributed by atoms with Gasteiger partial charge in [0.25, 0.3) is 0 Å². The molecule has 0 saturated heterocycles. The molecule has 0 aliphatic carbocycles. The topological polar surface area (TPSA) is 61.5 Å². The van der Waals surface area contributed by atoms with Gasteiger partial charge in [-0.05, 0) is 31.5 Å². The fourth-order valence-corrected chi connectivity index (χ4v) is 1.32. The molecule has 1 aromatic rings. The van der Waals surface area contributed by atoms with E-state index in [-0.39, 0.29) is 23.6 Å². The molecule has 0 aliphatic rings. The van der Waals surface area contributed by atoms with E-state index < -0.39 is 12.6 Å². The minimum atomic E-state index is -2.95. The summed E-state index contributed by atoms with van der Waals surface area (Å²) in [6, 6.07) is 2.55. The Labute approximate surface area is 97.3 Å². The molecule has 0 radical (unpaired) electrons. The van der Waals surface area contributed by atoms with Crippen LogP contribution in [0.15, 0.2) is 12.1 Å². The van der Waals surface area contributed by atoms with Gasteiger partial charge < -0.3 is 15.2 Å². The molecule has 1 aromatic carbocycles. The number of anilines is 1. The summed E-state index contributed by atoms with van der Waals surface area (Å²) in [6.07, 6.45) is 0. The molecule has 0 heterocycles. The molecular formula is C11H13F2NO3. The summed E-state index contributed by atoms with van der Waals surface area (Å²) in [5.41, 5.74) is 6.19. The molecular weight excluding hydrogens is 232 g/mol. The number of esters is 1. The van der Waals surface area contributed by atoms with E-state index in [0.29, 0.717) is 5.56 Å². The smallest absolute Gasteiger partial charge is 0.387 e. The van der Waals surface area contributed by atoms with Crippen molar-refractivity contribution in [3.05, 3.63) is 23.3 Å². The summed E-state index contributed by atoms with van der Waals surface area (Å²) in [7, 11) is 0. The van der Waals surface area contributed by atoms with Gasteiger partial charge in [0.15, 0.2) is 0 Å². The molecule has 0 fully saturated rings. The second kappa shape index (κ2) is 5.47. The van der Waals surface area contributed by atoms with Gasteiger partial charge in [0.1, 0.15) is 5.75 Å². The van der Waals surface area contributed by atoms with Crippen LogP contribution in [0.25, 0.3) is 0 Å². The highest BCUT2D eigenvalue weighted by Crippen LogP contribution is 2.27. The van der Waals surface area contributed by atoms with Gasteiger partial charge in [-0.15, -0.1) is 0 Å². The SMILES string of the molecule is CCOC(=O)c1cc(N)c(OC(F)F)cc1C. The van der Waals surface area contributed by atoms with E-state index in [1.807, 2.05) is 0 Å². The maximum absolute atomic E-state index is 12.0. The molecule has 0 aliphatic heterocycles. The van der Waals surface area contributed by atoms with Gasteiger partial charge in [-0.2, -0.15) is 8.78 Å².